The highest BCUT2D eigenvalue weighted by atomic mass is 79.9. The Morgan fingerprint density at radius 1 is 0.708 bits per heavy atom. The quantitative estimate of drug-likeness (QED) is 0.466. The van der Waals surface area contributed by atoms with Gasteiger partial charge in [-0.05, 0) is 67.3 Å². The maximum atomic E-state index is 12.4. The molecule has 3 nitrogen and oxygen atoms in total. The van der Waals surface area contributed by atoms with Gasteiger partial charge < -0.3 is 4.18 Å². The van der Waals surface area contributed by atoms with E-state index in [-0.39, 0.29) is 10.6 Å². The second-order valence-electron chi connectivity index (χ2n) is 4.99. The van der Waals surface area contributed by atoms with E-state index in [9.17, 15) is 8.42 Å². The molecule has 3 rings (SSSR count). The lowest BCUT2D eigenvalue weighted by Gasteiger charge is -2.12. The van der Waals surface area contributed by atoms with Gasteiger partial charge >= 0.3 is 10.1 Å². The van der Waals surface area contributed by atoms with Crippen molar-refractivity contribution < 1.29 is 12.6 Å². The van der Waals surface area contributed by atoms with Gasteiger partial charge in [0.05, 0.1) is 8.95 Å². The Bertz CT molecular complexity index is 933. The van der Waals surface area contributed by atoms with Gasteiger partial charge in [-0.25, -0.2) is 0 Å². The molecule has 0 saturated heterocycles. The third-order valence-corrected chi connectivity index (χ3v) is 5.74. The van der Waals surface area contributed by atoms with Crippen LogP contribution >= 0.6 is 31.9 Å². The van der Waals surface area contributed by atoms with Crippen molar-refractivity contribution in [3.63, 3.8) is 0 Å². The maximum Gasteiger partial charge on any atom is 0.339 e. The summed E-state index contributed by atoms with van der Waals surface area (Å²) < 4.78 is 31.2. The molecule has 0 aliphatic heterocycles. The summed E-state index contributed by atoms with van der Waals surface area (Å²) in [7, 11) is -3.90. The van der Waals surface area contributed by atoms with E-state index in [1.807, 2.05) is 42.5 Å². The van der Waals surface area contributed by atoms with Gasteiger partial charge in [0.1, 0.15) is 4.90 Å². The molecule has 0 spiro atoms. The van der Waals surface area contributed by atoms with Crippen molar-refractivity contribution in [2.75, 3.05) is 0 Å². The molecule has 0 heterocycles. The van der Waals surface area contributed by atoms with Crippen molar-refractivity contribution in [1.29, 1.82) is 0 Å². The average Bonchev–Trinajstić information content (AvgIpc) is 2.59. The van der Waals surface area contributed by atoms with Crippen LogP contribution in [0.4, 0.5) is 0 Å². The molecule has 0 bridgehead atoms. The number of hydrogen-bond donors (Lipinski definition) is 0. The average molecular weight is 468 g/mol. The Kier molecular flexibility index (Phi) is 5.08. The van der Waals surface area contributed by atoms with Crippen LogP contribution in [0.3, 0.4) is 0 Å². The fourth-order valence-electron chi connectivity index (χ4n) is 2.18. The largest absolute Gasteiger partial charge is 0.377 e. The summed E-state index contributed by atoms with van der Waals surface area (Å²) in [5.74, 6) is 0.221. The summed E-state index contributed by atoms with van der Waals surface area (Å²) in [6.07, 6.45) is 0. The van der Waals surface area contributed by atoms with Crippen LogP contribution in [-0.4, -0.2) is 8.42 Å². The minimum absolute atomic E-state index is 0.107. The van der Waals surface area contributed by atoms with Crippen molar-refractivity contribution in [3.8, 4) is 16.9 Å². The maximum absolute atomic E-state index is 12.4. The van der Waals surface area contributed by atoms with Gasteiger partial charge in [-0.1, -0.05) is 48.5 Å². The number of rotatable bonds is 4. The summed E-state index contributed by atoms with van der Waals surface area (Å²) in [4.78, 5) is 0.107. The summed E-state index contributed by atoms with van der Waals surface area (Å²) in [5.41, 5.74) is 1.97. The number of hydrogen-bond acceptors (Lipinski definition) is 3. The second kappa shape index (κ2) is 7.09. The molecule has 0 N–H and O–H groups in total. The monoisotopic (exact) mass is 466 g/mol. The molecule has 6 heteroatoms. The van der Waals surface area contributed by atoms with Gasteiger partial charge in [0.2, 0.25) is 0 Å². The third-order valence-electron chi connectivity index (χ3n) is 3.33. The predicted octanol–water partition coefficient (Wildman–Crippen LogP) is 5.65. The SMILES string of the molecule is O=S(=O)(Oc1c(Br)cc(-c2ccccc2)cc1Br)c1ccccc1. The normalized spacial score (nSPS) is 11.2. The molecule has 0 unspecified atom stereocenters. The molecular formula is C18H12Br2O3S. The number of benzene rings is 3. The second-order valence-corrected chi connectivity index (χ2v) is 8.24. The van der Waals surface area contributed by atoms with E-state index in [0.717, 1.165) is 11.1 Å². The molecule has 24 heavy (non-hydrogen) atoms. The minimum Gasteiger partial charge on any atom is -0.377 e. The van der Waals surface area contributed by atoms with Gasteiger partial charge in [-0.2, -0.15) is 8.42 Å². The first-order valence-electron chi connectivity index (χ1n) is 7.01. The summed E-state index contributed by atoms with van der Waals surface area (Å²) in [6.45, 7) is 0. The van der Waals surface area contributed by atoms with E-state index in [0.29, 0.717) is 8.95 Å². The molecule has 3 aromatic carbocycles. The molecule has 0 aliphatic carbocycles. The van der Waals surface area contributed by atoms with E-state index >= 15 is 0 Å². The molecule has 122 valence electrons. The fraction of sp³-hybridized carbons (Fsp3) is 0. The van der Waals surface area contributed by atoms with Crippen LogP contribution in [0, 0.1) is 0 Å². The van der Waals surface area contributed by atoms with Gasteiger partial charge in [-0.15, -0.1) is 0 Å². The van der Waals surface area contributed by atoms with Crippen LogP contribution in [0.15, 0.2) is 86.6 Å². The zero-order chi connectivity index (χ0) is 17.2. The lowest BCUT2D eigenvalue weighted by atomic mass is 10.1. The van der Waals surface area contributed by atoms with Gasteiger partial charge in [0.25, 0.3) is 0 Å². The highest BCUT2D eigenvalue weighted by Crippen LogP contribution is 2.39. The molecule has 0 aromatic heterocycles. The van der Waals surface area contributed by atoms with Crippen molar-refractivity contribution in [2.45, 2.75) is 4.90 Å². The zero-order valence-electron chi connectivity index (χ0n) is 12.3. The molecule has 0 saturated carbocycles. The van der Waals surface area contributed by atoms with Crippen LogP contribution in [0.1, 0.15) is 0 Å². The van der Waals surface area contributed by atoms with Crippen LogP contribution in [-0.2, 0) is 10.1 Å². The van der Waals surface area contributed by atoms with Crippen LogP contribution in [0.5, 0.6) is 5.75 Å². The van der Waals surface area contributed by atoms with Crippen LogP contribution in [0.25, 0.3) is 11.1 Å². The molecular weight excluding hydrogens is 456 g/mol. The van der Waals surface area contributed by atoms with E-state index < -0.39 is 10.1 Å². The lowest BCUT2D eigenvalue weighted by molar-refractivity contribution is 0.483. The molecule has 0 radical (unpaired) electrons. The Hall–Kier alpha value is -1.63. The first-order valence-corrected chi connectivity index (χ1v) is 10.0. The van der Waals surface area contributed by atoms with E-state index in [2.05, 4.69) is 31.9 Å². The van der Waals surface area contributed by atoms with Crippen LogP contribution in [0.2, 0.25) is 0 Å². The fourth-order valence-corrected chi connectivity index (χ4v) is 4.73. The summed E-state index contributed by atoms with van der Waals surface area (Å²) in [5, 5.41) is 0. The van der Waals surface area contributed by atoms with Crippen molar-refractivity contribution in [3.05, 3.63) is 81.7 Å². The van der Waals surface area contributed by atoms with Crippen molar-refractivity contribution in [1.82, 2.24) is 0 Å². The Morgan fingerprint density at radius 2 is 1.21 bits per heavy atom. The molecule has 0 atom stereocenters. The molecule has 0 amide bonds. The predicted molar refractivity (Wildman–Crippen MR) is 102 cm³/mol. The highest BCUT2D eigenvalue weighted by Gasteiger charge is 2.20. The minimum atomic E-state index is -3.90. The molecule has 0 aliphatic rings. The highest BCUT2D eigenvalue weighted by molar-refractivity contribution is 9.11. The first-order chi connectivity index (χ1) is 11.5. The number of halogens is 2. The Morgan fingerprint density at radius 3 is 1.75 bits per heavy atom. The Balaban J connectivity index is 1.98. The van der Waals surface area contributed by atoms with E-state index in [1.54, 1.807) is 18.2 Å². The van der Waals surface area contributed by atoms with E-state index in [4.69, 9.17) is 4.18 Å². The Labute approximate surface area is 157 Å². The van der Waals surface area contributed by atoms with Gasteiger partial charge in [0, 0.05) is 0 Å². The smallest absolute Gasteiger partial charge is 0.339 e. The third kappa shape index (κ3) is 3.71. The standard InChI is InChI=1S/C18H12Br2O3S/c19-16-11-14(13-7-3-1-4-8-13)12-17(20)18(16)23-24(21,22)15-9-5-2-6-10-15/h1-12H. The summed E-state index contributed by atoms with van der Waals surface area (Å²) >= 11 is 6.80. The molecule has 0 fully saturated rings. The zero-order valence-corrected chi connectivity index (χ0v) is 16.3. The lowest BCUT2D eigenvalue weighted by Crippen LogP contribution is -2.10. The van der Waals surface area contributed by atoms with Gasteiger partial charge in [0.15, 0.2) is 5.75 Å². The molecule has 3 aromatic rings. The van der Waals surface area contributed by atoms with Crippen molar-refractivity contribution in [2.24, 2.45) is 0 Å². The topological polar surface area (TPSA) is 43.4 Å². The van der Waals surface area contributed by atoms with E-state index in [1.165, 1.54) is 12.1 Å². The summed E-state index contributed by atoms with van der Waals surface area (Å²) in [6, 6.07) is 21.5. The first kappa shape index (κ1) is 17.2. The van der Waals surface area contributed by atoms with Crippen LogP contribution < -0.4 is 4.18 Å². The van der Waals surface area contributed by atoms with Gasteiger partial charge in [-0.3, -0.25) is 0 Å². The van der Waals surface area contributed by atoms with Crippen molar-refractivity contribution >= 4 is 42.0 Å².